The number of para-hydroxylation sites is 2. The highest BCUT2D eigenvalue weighted by atomic mass is 32.1. The maximum Gasteiger partial charge on any atom is 0.438 e. The van der Waals surface area contributed by atoms with Gasteiger partial charge in [0, 0.05) is 11.1 Å². The molecular formula is C23H18F12N4O4S. The molecule has 0 bridgehead atoms. The average molecular weight is 674 g/mol. The number of benzene rings is 2. The molecule has 8 nitrogen and oxygen atoms in total. The summed E-state index contributed by atoms with van der Waals surface area (Å²) in [5, 5.41) is 39.9. The Hall–Kier alpha value is -2.95. The van der Waals surface area contributed by atoms with Crippen molar-refractivity contribution in [2.45, 2.75) is 60.4 Å². The van der Waals surface area contributed by atoms with Crippen LogP contribution >= 0.6 is 12.2 Å². The molecule has 2 heterocycles. The summed E-state index contributed by atoms with van der Waals surface area (Å²) in [7, 11) is 0. The Balaban J connectivity index is 1.88. The van der Waals surface area contributed by atoms with Gasteiger partial charge in [-0.15, -0.1) is 0 Å². The van der Waals surface area contributed by atoms with Crippen molar-refractivity contribution in [3.63, 3.8) is 0 Å². The summed E-state index contributed by atoms with van der Waals surface area (Å²) in [5.74, 6) is 0. The van der Waals surface area contributed by atoms with Gasteiger partial charge in [0.15, 0.2) is 0 Å². The molecule has 4 unspecified atom stereocenters. The van der Waals surface area contributed by atoms with Crippen LogP contribution < -0.4 is 20.9 Å². The number of hydrogen-bond donors (Lipinski definition) is 6. The molecule has 0 radical (unpaired) electrons. The third kappa shape index (κ3) is 5.12. The number of nitrogens with zero attached hydrogens (tertiary/aromatic N) is 2. The smallest absolute Gasteiger partial charge is 0.366 e. The Morgan fingerprint density at radius 2 is 0.864 bits per heavy atom. The lowest BCUT2D eigenvalue weighted by Gasteiger charge is -2.37. The Morgan fingerprint density at radius 1 is 0.568 bits per heavy atom. The highest BCUT2D eigenvalue weighted by Crippen LogP contribution is 2.52. The standard InChI is InChI=1S/C23H18F12N4O4S/c24-20(25,26)16(40)9-18(42,22(30,31)32)38(36-16)13-7-3-1-5-11(13)15(44)12-6-2-4-8-14(12)39-19(43,23(33,34)35)10-17(41,37-39)21(27,28)29/h1-8,36-37,40-43H,9-10H2. The van der Waals surface area contributed by atoms with Gasteiger partial charge in [0.05, 0.1) is 29.1 Å². The topological polar surface area (TPSA) is 111 Å². The number of hydrazine groups is 2. The van der Waals surface area contributed by atoms with Gasteiger partial charge < -0.3 is 20.4 Å². The van der Waals surface area contributed by atoms with Crippen LogP contribution in [0.3, 0.4) is 0 Å². The number of hydrogen-bond acceptors (Lipinski definition) is 9. The van der Waals surface area contributed by atoms with Gasteiger partial charge >= 0.3 is 24.7 Å². The molecule has 21 heteroatoms. The van der Waals surface area contributed by atoms with E-state index < -0.39 is 97.8 Å². The van der Waals surface area contributed by atoms with Gasteiger partial charge in [-0.3, -0.25) is 10.0 Å². The molecule has 2 aromatic carbocycles. The van der Waals surface area contributed by atoms with Crippen LogP contribution in [0.1, 0.15) is 24.0 Å². The first kappa shape index (κ1) is 33.9. The van der Waals surface area contributed by atoms with Crippen molar-refractivity contribution in [1.82, 2.24) is 10.9 Å². The molecule has 0 saturated carbocycles. The zero-order valence-corrected chi connectivity index (χ0v) is 22.0. The van der Waals surface area contributed by atoms with Gasteiger partial charge in [0.1, 0.15) is 0 Å². The van der Waals surface area contributed by atoms with Gasteiger partial charge in [0.2, 0.25) is 11.4 Å². The number of anilines is 2. The molecule has 4 rings (SSSR count). The number of nitrogens with one attached hydrogen (secondary N) is 2. The van der Waals surface area contributed by atoms with Crippen molar-refractivity contribution in [2.75, 3.05) is 10.0 Å². The molecule has 0 amide bonds. The van der Waals surface area contributed by atoms with Crippen LogP contribution in [-0.2, 0) is 0 Å². The average Bonchev–Trinajstić information content (AvgIpc) is 3.35. The Morgan fingerprint density at radius 3 is 1.14 bits per heavy atom. The van der Waals surface area contributed by atoms with E-state index in [-0.39, 0.29) is 0 Å². The Kier molecular flexibility index (Phi) is 7.73. The first-order valence-electron chi connectivity index (χ1n) is 11.8. The van der Waals surface area contributed by atoms with Gasteiger partial charge in [-0.05, 0) is 12.1 Å². The minimum absolute atomic E-state index is 0.493. The third-order valence-corrected chi connectivity index (χ3v) is 7.40. The van der Waals surface area contributed by atoms with E-state index in [1.54, 1.807) is 0 Å². The molecule has 2 saturated heterocycles. The fourth-order valence-electron chi connectivity index (χ4n) is 4.67. The van der Waals surface area contributed by atoms with Crippen molar-refractivity contribution < 1.29 is 73.1 Å². The lowest BCUT2D eigenvalue weighted by Crippen LogP contribution is -2.60. The predicted molar refractivity (Wildman–Crippen MR) is 128 cm³/mol. The fourth-order valence-corrected chi connectivity index (χ4v) is 5.02. The van der Waals surface area contributed by atoms with E-state index in [0.717, 1.165) is 47.2 Å². The van der Waals surface area contributed by atoms with Crippen LogP contribution in [-0.4, -0.2) is 72.9 Å². The van der Waals surface area contributed by atoms with Crippen LogP contribution in [0.5, 0.6) is 0 Å². The summed E-state index contributed by atoms with van der Waals surface area (Å²) in [6.45, 7) is 0. The van der Waals surface area contributed by atoms with Crippen LogP contribution in [0.4, 0.5) is 64.1 Å². The van der Waals surface area contributed by atoms with Crippen molar-refractivity contribution in [3.05, 3.63) is 59.7 Å². The van der Waals surface area contributed by atoms with Crippen LogP contribution in [0, 0.1) is 0 Å². The summed E-state index contributed by atoms with van der Waals surface area (Å²) in [4.78, 5) is -0.807. The molecule has 44 heavy (non-hydrogen) atoms. The minimum atomic E-state index is -5.88. The molecule has 4 atom stereocenters. The summed E-state index contributed by atoms with van der Waals surface area (Å²) < 4.78 is 165. The van der Waals surface area contributed by atoms with E-state index in [2.05, 4.69) is 0 Å². The number of aliphatic hydroxyl groups is 4. The fraction of sp³-hybridized carbons (Fsp3) is 0.435. The summed E-state index contributed by atoms with van der Waals surface area (Å²) in [6, 6.07) is 7.16. The maximum absolute atomic E-state index is 14.0. The van der Waals surface area contributed by atoms with E-state index in [1.165, 1.54) is 0 Å². The largest absolute Gasteiger partial charge is 0.438 e. The Bertz CT molecular complexity index is 1350. The molecule has 0 aliphatic carbocycles. The second-order valence-corrected chi connectivity index (χ2v) is 10.4. The zero-order chi connectivity index (χ0) is 33.5. The Labute approximate surface area is 243 Å². The van der Waals surface area contributed by atoms with Crippen molar-refractivity contribution >= 4 is 28.5 Å². The number of alkyl halides is 12. The maximum atomic E-state index is 14.0. The highest BCUT2D eigenvalue weighted by molar-refractivity contribution is 7.81. The normalized spacial score (nSPS) is 30.3. The molecule has 2 aromatic rings. The predicted octanol–water partition coefficient (Wildman–Crippen LogP) is 3.89. The molecule has 0 aromatic heterocycles. The van der Waals surface area contributed by atoms with Gasteiger partial charge in [0.25, 0.3) is 11.4 Å². The lowest BCUT2D eigenvalue weighted by atomic mass is 9.97. The van der Waals surface area contributed by atoms with Gasteiger partial charge in [-0.1, -0.05) is 48.6 Å². The second-order valence-electron chi connectivity index (χ2n) is 9.96. The quantitative estimate of drug-likeness (QED) is 0.164. The van der Waals surface area contributed by atoms with E-state index in [4.69, 9.17) is 12.2 Å². The van der Waals surface area contributed by atoms with Gasteiger partial charge in [-0.2, -0.15) is 63.5 Å². The first-order valence-corrected chi connectivity index (χ1v) is 12.2. The minimum Gasteiger partial charge on any atom is -0.366 e. The molecule has 2 fully saturated rings. The van der Waals surface area contributed by atoms with E-state index in [0.29, 0.717) is 12.1 Å². The van der Waals surface area contributed by atoms with E-state index in [1.807, 2.05) is 0 Å². The lowest BCUT2D eigenvalue weighted by molar-refractivity contribution is -0.291. The summed E-state index contributed by atoms with van der Waals surface area (Å²) in [5.41, 5.74) is -18.7. The van der Waals surface area contributed by atoms with E-state index in [9.17, 15) is 73.1 Å². The summed E-state index contributed by atoms with van der Waals surface area (Å²) >= 11 is 5.23. The molecular weight excluding hydrogens is 656 g/mol. The first-order chi connectivity index (χ1) is 19.7. The van der Waals surface area contributed by atoms with Crippen LogP contribution in [0.25, 0.3) is 0 Å². The monoisotopic (exact) mass is 674 g/mol. The molecule has 2 aliphatic heterocycles. The molecule has 2 aliphatic rings. The number of halogens is 12. The van der Waals surface area contributed by atoms with Crippen molar-refractivity contribution in [3.8, 4) is 0 Å². The second kappa shape index (κ2) is 10.0. The van der Waals surface area contributed by atoms with E-state index >= 15 is 0 Å². The van der Waals surface area contributed by atoms with Crippen LogP contribution in [0.2, 0.25) is 0 Å². The SMILES string of the molecule is OC1(C(F)(F)F)CC(O)(C(F)(F)F)N(c2ccccc2C(=S)c2ccccc2N2NC(O)(C(F)(F)F)CC2(O)C(F)(F)F)N1. The zero-order valence-electron chi connectivity index (χ0n) is 21.2. The number of thiocarbonyl (C=S) groups is 1. The molecule has 6 N–H and O–H groups in total. The highest BCUT2D eigenvalue weighted by Gasteiger charge is 2.74. The third-order valence-electron chi connectivity index (χ3n) is 6.96. The number of rotatable bonds is 4. The van der Waals surface area contributed by atoms with Gasteiger partial charge in [-0.25, -0.2) is 0 Å². The van der Waals surface area contributed by atoms with Crippen molar-refractivity contribution in [2.24, 2.45) is 0 Å². The molecule has 244 valence electrons. The van der Waals surface area contributed by atoms with Crippen molar-refractivity contribution in [1.29, 1.82) is 0 Å². The molecule has 0 spiro atoms. The summed E-state index contributed by atoms with van der Waals surface area (Å²) in [6.07, 6.45) is -28.2. The van der Waals surface area contributed by atoms with Crippen LogP contribution in [0.15, 0.2) is 48.5 Å².